The number of rotatable bonds is 4. The lowest BCUT2D eigenvalue weighted by Crippen LogP contribution is -1.82. The molecule has 0 aliphatic heterocycles. The molecule has 0 nitrogen and oxygen atoms in total. The average Bonchev–Trinajstić information content (AvgIpc) is 3.70. The molecule has 48 heavy (non-hydrogen) atoms. The van der Waals surface area contributed by atoms with Crippen LogP contribution in [0.25, 0.3) is 95.6 Å². The van der Waals surface area contributed by atoms with Gasteiger partial charge in [-0.05, 0) is 102 Å². The van der Waals surface area contributed by atoms with E-state index in [4.69, 9.17) is 0 Å². The minimum atomic E-state index is 1.25. The fraction of sp³-hybridized carbons (Fsp3) is 0. The predicted octanol–water partition coefficient (Wildman–Crippen LogP) is 14.2. The first-order valence-electron chi connectivity index (χ1n) is 16.3. The minimum Gasteiger partial charge on any atom is -0.134 e. The van der Waals surface area contributed by atoms with E-state index in [1.165, 1.54) is 95.6 Å². The van der Waals surface area contributed by atoms with Gasteiger partial charge in [-0.3, -0.25) is 0 Å². The molecule has 0 amide bonds. The van der Waals surface area contributed by atoms with E-state index in [1.807, 2.05) is 22.7 Å². The molecule has 0 fully saturated rings. The van der Waals surface area contributed by atoms with Crippen molar-refractivity contribution < 1.29 is 0 Å². The maximum absolute atomic E-state index is 2.38. The van der Waals surface area contributed by atoms with Crippen molar-refractivity contribution in [3.05, 3.63) is 170 Å². The second kappa shape index (κ2) is 11.0. The lowest BCUT2D eigenvalue weighted by atomic mass is 9.97. The van der Waals surface area contributed by atoms with Crippen LogP contribution in [0.3, 0.4) is 0 Å². The zero-order valence-electron chi connectivity index (χ0n) is 26.0. The number of hydrogen-bond acceptors (Lipinski definition) is 2. The maximum Gasteiger partial charge on any atom is 0.0542 e. The Labute approximate surface area is 286 Å². The topological polar surface area (TPSA) is 0 Å². The maximum atomic E-state index is 2.38. The van der Waals surface area contributed by atoms with Crippen molar-refractivity contribution >= 4 is 73.8 Å². The van der Waals surface area contributed by atoms with Gasteiger partial charge in [0.25, 0.3) is 0 Å². The van der Waals surface area contributed by atoms with Crippen molar-refractivity contribution in [2.24, 2.45) is 0 Å². The number of hydrogen-bond donors (Lipinski definition) is 0. The average molecular weight is 645 g/mol. The largest absolute Gasteiger partial charge is 0.134 e. The Kier molecular flexibility index (Phi) is 6.33. The van der Waals surface area contributed by atoms with Gasteiger partial charge >= 0.3 is 0 Å². The van der Waals surface area contributed by atoms with Crippen molar-refractivity contribution in [3.63, 3.8) is 0 Å². The van der Waals surface area contributed by atoms with Crippen LogP contribution in [0, 0.1) is 0 Å². The van der Waals surface area contributed by atoms with Gasteiger partial charge in [0.05, 0.1) is 9.40 Å². The van der Waals surface area contributed by atoms with E-state index in [0.717, 1.165) is 0 Å². The molecule has 0 atom stereocenters. The van der Waals surface area contributed by atoms with Gasteiger partial charge in [0.1, 0.15) is 0 Å². The summed E-state index contributed by atoms with van der Waals surface area (Å²) in [5.74, 6) is 0. The van der Waals surface area contributed by atoms with Crippen LogP contribution < -0.4 is 0 Å². The lowest BCUT2D eigenvalue weighted by molar-refractivity contribution is 1.64. The van der Waals surface area contributed by atoms with Gasteiger partial charge < -0.3 is 0 Å². The molecule has 0 spiro atoms. The van der Waals surface area contributed by atoms with Crippen LogP contribution in [0.15, 0.2) is 170 Å². The van der Waals surface area contributed by atoms with Gasteiger partial charge in [-0.15, -0.1) is 22.7 Å². The Morgan fingerprint density at radius 3 is 1.06 bits per heavy atom. The Morgan fingerprint density at radius 2 is 0.604 bits per heavy atom. The molecular formula is C46H28S2. The Balaban J connectivity index is 0.989. The molecule has 0 N–H and O–H groups in total. The Hall–Kier alpha value is -5.54. The third-order valence-corrected chi connectivity index (χ3v) is 12.1. The minimum absolute atomic E-state index is 1.25. The zero-order valence-corrected chi connectivity index (χ0v) is 27.6. The van der Waals surface area contributed by atoms with E-state index in [0.29, 0.717) is 0 Å². The summed E-state index contributed by atoms with van der Waals surface area (Å²) >= 11 is 3.85. The second-order valence-electron chi connectivity index (χ2n) is 12.6. The molecule has 0 aliphatic rings. The first kappa shape index (κ1) is 27.6. The van der Waals surface area contributed by atoms with E-state index in [2.05, 4.69) is 170 Å². The molecule has 2 aromatic heterocycles. The van der Waals surface area contributed by atoms with Crippen molar-refractivity contribution in [2.75, 3.05) is 0 Å². The lowest BCUT2D eigenvalue weighted by Gasteiger charge is -2.08. The number of fused-ring (bicyclic) bond motifs is 7. The summed E-state index contributed by atoms with van der Waals surface area (Å²) in [7, 11) is 0. The van der Waals surface area contributed by atoms with Crippen molar-refractivity contribution in [2.45, 2.75) is 0 Å². The summed E-state index contributed by atoms with van der Waals surface area (Å²) in [5.41, 5.74) is 10.1. The SMILES string of the molecule is c1ccc(-c2ccc3cc(-c4ccc5c(c4)sc4c6ccc(-c7ccc8ccc(-c9ccccc9)cc8c7)cc6sc54)ccc3c2)cc1. The fourth-order valence-corrected chi connectivity index (χ4v) is 9.82. The molecule has 0 aliphatic carbocycles. The third-order valence-electron chi connectivity index (χ3n) is 9.64. The van der Waals surface area contributed by atoms with Crippen LogP contribution in [0.1, 0.15) is 0 Å². The standard InChI is InChI=1S/C46H28S2/c1-3-7-29(8-4-1)32-15-16-35-24-36(18-17-34(35)23-32)38-19-21-41-43(27-38)47-46-42-22-20-39(28-44(42)48-45(41)46)37-14-12-31-11-13-33(25-40(31)26-37)30-9-5-2-6-10-30/h1-28H. The quantitative estimate of drug-likeness (QED) is 0.179. The third kappa shape index (κ3) is 4.65. The van der Waals surface area contributed by atoms with Crippen LogP contribution >= 0.6 is 22.7 Å². The van der Waals surface area contributed by atoms with Crippen LogP contribution in [0.5, 0.6) is 0 Å². The summed E-state index contributed by atoms with van der Waals surface area (Å²) in [6, 6.07) is 62.5. The molecule has 0 unspecified atom stereocenters. The first-order chi connectivity index (χ1) is 23.7. The highest BCUT2D eigenvalue weighted by Gasteiger charge is 2.14. The van der Waals surface area contributed by atoms with Gasteiger partial charge in [0.15, 0.2) is 0 Å². The summed E-state index contributed by atoms with van der Waals surface area (Å²) < 4.78 is 5.49. The molecule has 0 radical (unpaired) electrons. The first-order valence-corrected chi connectivity index (χ1v) is 17.9. The van der Waals surface area contributed by atoms with Crippen LogP contribution in [-0.4, -0.2) is 0 Å². The van der Waals surface area contributed by atoms with E-state index in [-0.39, 0.29) is 0 Å². The molecule has 8 aromatic carbocycles. The monoisotopic (exact) mass is 644 g/mol. The Bertz CT molecular complexity index is 2820. The second-order valence-corrected chi connectivity index (χ2v) is 14.7. The van der Waals surface area contributed by atoms with Gasteiger partial charge in [0, 0.05) is 20.2 Å². The van der Waals surface area contributed by atoms with Crippen molar-refractivity contribution in [3.8, 4) is 44.5 Å². The van der Waals surface area contributed by atoms with Gasteiger partial charge in [-0.1, -0.05) is 133 Å². The molecule has 2 heterocycles. The molecule has 0 saturated heterocycles. The van der Waals surface area contributed by atoms with Gasteiger partial charge in [0.2, 0.25) is 0 Å². The Morgan fingerprint density at radius 1 is 0.250 bits per heavy atom. The normalized spacial score (nSPS) is 11.8. The van der Waals surface area contributed by atoms with Gasteiger partial charge in [-0.25, -0.2) is 0 Å². The van der Waals surface area contributed by atoms with Crippen molar-refractivity contribution in [1.82, 2.24) is 0 Å². The molecule has 10 rings (SSSR count). The summed E-state index contributed by atoms with van der Waals surface area (Å²) in [4.78, 5) is 0. The molecule has 0 bridgehead atoms. The van der Waals surface area contributed by atoms with Gasteiger partial charge in [-0.2, -0.15) is 0 Å². The van der Waals surface area contributed by atoms with E-state index in [1.54, 1.807) is 0 Å². The highest BCUT2D eigenvalue weighted by atomic mass is 32.1. The molecule has 0 saturated carbocycles. The van der Waals surface area contributed by atoms with Crippen LogP contribution in [-0.2, 0) is 0 Å². The highest BCUT2D eigenvalue weighted by molar-refractivity contribution is 7.36. The molecule has 2 heteroatoms. The molecule has 224 valence electrons. The highest BCUT2D eigenvalue weighted by Crippen LogP contribution is 2.46. The number of thiophene rings is 2. The smallest absolute Gasteiger partial charge is 0.0542 e. The summed E-state index contributed by atoms with van der Waals surface area (Å²) in [6.45, 7) is 0. The van der Waals surface area contributed by atoms with Crippen molar-refractivity contribution in [1.29, 1.82) is 0 Å². The summed E-state index contributed by atoms with van der Waals surface area (Å²) in [5, 5.41) is 7.78. The zero-order chi connectivity index (χ0) is 31.6. The molecular weight excluding hydrogens is 617 g/mol. The van der Waals surface area contributed by atoms with Crippen LogP contribution in [0.4, 0.5) is 0 Å². The fourth-order valence-electron chi connectivity index (χ4n) is 7.09. The van der Waals surface area contributed by atoms with Crippen LogP contribution in [0.2, 0.25) is 0 Å². The molecule has 10 aromatic rings. The van der Waals surface area contributed by atoms with E-state index in [9.17, 15) is 0 Å². The number of benzene rings is 8. The van der Waals surface area contributed by atoms with E-state index >= 15 is 0 Å². The predicted molar refractivity (Wildman–Crippen MR) is 211 cm³/mol. The summed E-state index contributed by atoms with van der Waals surface area (Å²) in [6.07, 6.45) is 0. The van der Waals surface area contributed by atoms with E-state index < -0.39 is 0 Å².